The van der Waals surface area contributed by atoms with Crippen molar-refractivity contribution in [2.45, 2.75) is 20.0 Å². The van der Waals surface area contributed by atoms with Crippen LogP contribution in [0.4, 0.5) is 0 Å². The van der Waals surface area contributed by atoms with Gasteiger partial charge in [-0.1, -0.05) is 24.3 Å². The molecule has 5 nitrogen and oxygen atoms in total. The topological polar surface area (TPSA) is 57.1 Å². The van der Waals surface area contributed by atoms with Gasteiger partial charge < -0.3 is 20.1 Å². The van der Waals surface area contributed by atoms with Crippen molar-refractivity contribution in [3.63, 3.8) is 0 Å². The van der Waals surface area contributed by atoms with Gasteiger partial charge in [-0.3, -0.25) is 4.99 Å². The minimum Gasteiger partial charge on any atom is -0.394 e. The third kappa shape index (κ3) is 5.10. The molecular formula is C16H26IN3O2. The summed E-state index contributed by atoms with van der Waals surface area (Å²) in [4.78, 5) is 6.64. The Balaban J connectivity index is 0.00000242. The van der Waals surface area contributed by atoms with Gasteiger partial charge in [-0.05, 0) is 25.0 Å². The van der Waals surface area contributed by atoms with Gasteiger partial charge in [-0.25, -0.2) is 0 Å². The fraction of sp³-hybridized carbons (Fsp3) is 0.562. The summed E-state index contributed by atoms with van der Waals surface area (Å²) in [6.07, 6.45) is 0.0675. The van der Waals surface area contributed by atoms with Crippen LogP contribution < -0.4 is 5.32 Å². The summed E-state index contributed by atoms with van der Waals surface area (Å²) in [5.41, 5.74) is 2.49. The standard InChI is InChI=1S/C16H25N3O2.HI/c1-3-17-16(18-8-10-20)19-9-11-21-15(12-19)14-7-5-4-6-13(14)2;/h4-7,15,20H,3,8-12H2,1-2H3,(H,17,18);1H. The molecule has 1 aromatic carbocycles. The van der Waals surface area contributed by atoms with Gasteiger partial charge in [-0.2, -0.15) is 0 Å². The highest BCUT2D eigenvalue weighted by Gasteiger charge is 2.24. The number of halogens is 1. The van der Waals surface area contributed by atoms with Crippen LogP contribution in [0.15, 0.2) is 29.3 Å². The van der Waals surface area contributed by atoms with E-state index in [1.165, 1.54) is 11.1 Å². The average molecular weight is 419 g/mol. The van der Waals surface area contributed by atoms with Crippen LogP contribution >= 0.6 is 24.0 Å². The van der Waals surface area contributed by atoms with Crippen molar-refractivity contribution in [1.82, 2.24) is 10.2 Å². The molecule has 22 heavy (non-hydrogen) atoms. The Bertz CT molecular complexity index is 482. The molecule has 1 heterocycles. The van der Waals surface area contributed by atoms with Gasteiger partial charge in [0.1, 0.15) is 6.10 Å². The number of hydrogen-bond donors (Lipinski definition) is 2. The van der Waals surface area contributed by atoms with Crippen LogP contribution in [0.3, 0.4) is 0 Å². The number of aliphatic hydroxyl groups excluding tert-OH is 1. The highest BCUT2D eigenvalue weighted by molar-refractivity contribution is 14.0. The Morgan fingerprint density at radius 3 is 2.91 bits per heavy atom. The van der Waals surface area contributed by atoms with E-state index in [0.29, 0.717) is 13.2 Å². The number of hydrogen-bond acceptors (Lipinski definition) is 3. The molecule has 1 aliphatic rings. The monoisotopic (exact) mass is 419 g/mol. The Kier molecular flexibility index (Phi) is 8.74. The molecule has 0 aromatic heterocycles. The molecule has 0 radical (unpaired) electrons. The van der Waals surface area contributed by atoms with Gasteiger partial charge >= 0.3 is 0 Å². The minimum atomic E-state index is 0. The van der Waals surface area contributed by atoms with Crippen LogP contribution in [0, 0.1) is 6.92 Å². The summed E-state index contributed by atoms with van der Waals surface area (Å²) in [6.45, 7) is 7.76. The van der Waals surface area contributed by atoms with E-state index in [2.05, 4.69) is 40.3 Å². The van der Waals surface area contributed by atoms with Crippen LogP contribution in [-0.2, 0) is 4.74 Å². The normalized spacial score (nSPS) is 18.8. The van der Waals surface area contributed by atoms with E-state index in [9.17, 15) is 0 Å². The third-order valence-corrected chi connectivity index (χ3v) is 3.60. The Labute approximate surface area is 149 Å². The highest BCUT2D eigenvalue weighted by Crippen LogP contribution is 2.24. The number of nitrogens with zero attached hydrogens (tertiary/aromatic N) is 2. The molecule has 0 bridgehead atoms. The summed E-state index contributed by atoms with van der Waals surface area (Å²) in [5, 5.41) is 12.3. The van der Waals surface area contributed by atoms with Crippen LogP contribution in [0.1, 0.15) is 24.2 Å². The summed E-state index contributed by atoms with van der Waals surface area (Å²) in [5.74, 6) is 0.855. The molecule has 1 unspecified atom stereocenters. The zero-order chi connectivity index (χ0) is 15.1. The summed E-state index contributed by atoms with van der Waals surface area (Å²) < 4.78 is 5.93. The molecule has 2 N–H and O–H groups in total. The van der Waals surface area contributed by atoms with E-state index in [4.69, 9.17) is 9.84 Å². The van der Waals surface area contributed by atoms with E-state index < -0.39 is 0 Å². The largest absolute Gasteiger partial charge is 0.394 e. The van der Waals surface area contributed by atoms with Crippen molar-refractivity contribution in [2.75, 3.05) is 39.4 Å². The Morgan fingerprint density at radius 2 is 2.23 bits per heavy atom. The Morgan fingerprint density at radius 1 is 1.45 bits per heavy atom. The smallest absolute Gasteiger partial charge is 0.194 e. The molecule has 6 heteroatoms. The fourth-order valence-corrected chi connectivity index (χ4v) is 2.56. The predicted octanol–water partition coefficient (Wildman–Crippen LogP) is 1.94. The highest BCUT2D eigenvalue weighted by atomic mass is 127. The molecule has 1 saturated heterocycles. The third-order valence-electron chi connectivity index (χ3n) is 3.60. The second kappa shape index (κ2) is 10.0. The number of rotatable bonds is 4. The lowest BCUT2D eigenvalue weighted by molar-refractivity contribution is -0.00834. The van der Waals surface area contributed by atoms with Gasteiger partial charge in [0, 0.05) is 13.1 Å². The lowest BCUT2D eigenvalue weighted by atomic mass is 10.0. The Hall–Kier alpha value is -0.860. The van der Waals surface area contributed by atoms with Crippen molar-refractivity contribution in [3.8, 4) is 0 Å². The van der Waals surface area contributed by atoms with Crippen LogP contribution in [0.5, 0.6) is 0 Å². The number of guanidine groups is 1. The van der Waals surface area contributed by atoms with Gasteiger partial charge in [-0.15, -0.1) is 24.0 Å². The molecule has 2 rings (SSSR count). The van der Waals surface area contributed by atoms with E-state index in [-0.39, 0.29) is 36.7 Å². The zero-order valence-corrected chi connectivity index (χ0v) is 15.6. The number of ether oxygens (including phenoxy) is 1. The second-order valence-electron chi connectivity index (χ2n) is 5.12. The van der Waals surface area contributed by atoms with Crippen LogP contribution in [-0.4, -0.2) is 55.4 Å². The summed E-state index contributed by atoms with van der Waals surface area (Å²) >= 11 is 0. The molecular weight excluding hydrogens is 393 g/mol. The summed E-state index contributed by atoms with van der Waals surface area (Å²) in [6, 6.07) is 8.34. The van der Waals surface area contributed by atoms with E-state index in [1.807, 2.05) is 13.0 Å². The van der Waals surface area contributed by atoms with Crippen LogP contribution in [0.2, 0.25) is 0 Å². The maximum Gasteiger partial charge on any atom is 0.194 e. The first-order valence-electron chi connectivity index (χ1n) is 7.57. The van der Waals surface area contributed by atoms with Crippen LogP contribution in [0.25, 0.3) is 0 Å². The SMILES string of the molecule is CCNC(=NCCO)N1CCOC(c2ccccc2C)C1.I. The summed E-state index contributed by atoms with van der Waals surface area (Å²) in [7, 11) is 0. The number of nitrogens with one attached hydrogen (secondary N) is 1. The minimum absolute atomic E-state index is 0. The van der Waals surface area contributed by atoms with E-state index in [0.717, 1.165) is 25.6 Å². The maximum absolute atomic E-state index is 8.97. The molecule has 0 aliphatic carbocycles. The van der Waals surface area contributed by atoms with Crippen molar-refractivity contribution >= 4 is 29.9 Å². The predicted molar refractivity (Wildman–Crippen MR) is 99.9 cm³/mol. The second-order valence-corrected chi connectivity index (χ2v) is 5.12. The number of aryl methyl sites for hydroxylation is 1. The quantitative estimate of drug-likeness (QED) is 0.445. The molecule has 1 aliphatic heterocycles. The first-order chi connectivity index (χ1) is 10.3. The van der Waals surface area contributed by atoms with Gasteiger partial charge in [0.25, 0.3) is 0 Å². The van der Waals surface area contributed by atoms with Crippen molar-refractivity contribution < 1.29 is 9.84 Å². The van der Waals surface area contributed by atoms with Gasteiger partial charge in [0.05, 0.1) is 26.3 Å². The molecule has 0 amide bonds. The number of benzene rings is 1. The van der Waals surface area contributed by atoms with E-state index in [1.54, 1.807) is 0 Å². The first-order valence-corrected chi connectivity index (χ1v) is 7.57. The fourth-order valence-electron chi connectivity index (χ4n) is 2.56. The zero-order valence-electron chi connectivity index (χ0n) is 13.3. The van der Waals surface area contributed by atoms with Crippen molar-refractivity contribution in [2.24, 2.45) is 4.99 Å². The molecule has 1 atom stereocenters. The lowest BCUT2D eigenvalue weighted by Gasteiger charge is -2.35. The average Bonchev–Trinajstić information content (AvgIpc) is 2.52. The van der Waals surface area contributed by atoms with E-state index >= 15 is 0 Å². The van der Waals surface area contributed by atoms with Gasteiger partial charge in [0.15, 0.2) is 5.96 Å². The molecule has 0 saturated carbocycles. The van der Waals surface area contributed by atoms with Crippen molar-refractivity contribution in [3.05, 3.63) is 35.4 Å². The van der Waals surface area contributed by atoms with Crippen molar-refractivity contribution in [1.29, 1.82) is 0 Å². The number of morpholine rings is 1. The maximum atomic E-state index is 8.97. The molecule has 0 spiro atoms. The number of aliphatic hydroxyl groups is 1. The van der Waals surface area contributed by atoms with Gasteiger partial charge in [0.2, 0.25) is 0 Å². The molecule has 124 valence electrons. The first kappa shape index (κ1) is 19.2. The molecule has 1 fully saturated rings. The lowest BCUT2D eigenvalue weighted by Crippen LogP contribution is -2.48. The molecule has 1 aromatic rings. The number of aliphatic imine (C=N–C) groups is 1.